The number of hydrogen-bond donors (Lipinski definition) is 1. The number of hydrogen-bond acceptors (Lipinski definition) is 6. The Morgan fingerprint density at radius 3 is 2.59 bits per heavy atom. The SMILES string of the molecule is CCN1C(=O)N2Cc3cc(OC)cc(OC)c3[C@@H](C)C=C2C12CCN(Cc1ccc3n[nH]nc3c1)CC2. The molecule has 194 valence electrons. The highest BCUT2D eigenvalue weighted by atomic mass is 16.5. The lowest BCUT2D eigenvalue weighted by molar-refractivity contribution is 0.0888. The van der Waals surface area contributed by atoms with Crippen molar-refractivity contribution in [3.63, 3.8) is 0 Å². The second kappa shape index (κ2) is 9.06. The third-order valence-electron chi connectivity index (χ3n) is 8.38. The molecular weight excluding hydrogens is 468 g/mol. The first-order valence-corrected chi connectivity index (χ1v) is 13.1. The molecule has 2 saturated heterocycles. The molecule has 0 bridgehead atoms. The predicted molar refractivity (Wildman–Crippen MR) is 140 cm³/mol. The van der Waals surface area contributed by atoms with Crippen LogP contribution in [0.5, 0.6) is 11.5 Å². The number of nitrogens with one attached hydrogen (secondary N) is 1. The van der Waals surface area contributed by atoms with Gasteiger partial charge in [-0.1, -0.05) is 19.1 Å². The van der Waals surface area contributed by atoms with E-state index in [0.29, 0.717) is 13.1 Å². The summed E-state index contributed by atoms with van der Waals surface area (Å²) in [5, 5.41) is 11.1. The first-order chi connectivity index (χ1) is 18.0. The molecule has 37 heavy (non-hydrogen) atoms. The zero-order valence-electron chi connectivity index (χ0n) is 22.0. The van der Waals surface area contributed by atoms with Gasteiger partial charge in [-0.3, -0.25) is 9.80 Å². The molecule has 1 spiro atoms. The Labute approximate surface area is 217 Å². The van der Waals surface area contributed by atoms with E-state index in [1.807, 2.05) is 23.1 Å². The number of allylic oxidation sites excluding steroid dienone is 1. The van der Waals surface area contributed by atoms with E-state index < -0.39 is 0 Å². The van der Waals surface area contributed by atoms with Crippen LogP contribution in [0.25, 0.3) is 11.0 Å². The maximum atomic E-state index is 13.8. The third-order valence-corrected chi connectivity index (χ3v) is 8.38. The van der Waals surface area contributed by atoms with Gasteiger partial charge in [0.2, 0.25) is 0 Å². The number of rotatable bonds is 5. The number of methoxy groups -OCH3 is 2. The predicted octanol–water partition coefficient (Wildman–Crippen LogP) is 4.27. The van der Waals surface area contributed by atoms with Gasteiger partial charge in [-0.15, -0.1) is 0 Å². The normalized spacial score (nSPS) is 21.1. The topological polar surface area (TPSA) is 86.8 Å². The number of piperidine rings is 1. The van der Waals surface area contributed by atoms with Crippen LogP contribution in [0.4, 0.5) is 4.79 Å². The number of fused-ring (bicyclic) bond motifs is 4. The average Bonchev–Trinajstić information content (AvgIpc) is 3.41. The first kappa shape index (κ1) is 23.8. The molecule has 3 aromatic rings. The van der Waals surface area contributed by atoms with Crippen LogP contribution in [0, 0.1) is 0 Å². The van der Waals surface area contributed by atoms with Crippen LogP contribution in [0.15, 0.2) is 42.1 Å². The molecule has 1 atom stereocenters. The standard InChI is InChI=1S/C28H34N6O3/c1-5-34-27(35)33-17-20-14-21(36-3)15-24(37-4)26(20)18(2)12-25(33)28(34)8-10-32(11-9-28)16-19-6-7-22-23(13-19)30-31-29-22/h6-7,12-15,18H,5,8-11,16-17H2,1-4H3,(H,29,30,31)/t18-/m0/s1. The molecule has 1 N–H and O–H groups in total. The Balaban J connectivity index is 1.29. The number of benzene rings is 2. The molecule has 0 saturated carbocycles. The molecule has 9 heteroatoms. The molecule has 0 aliphatic carbocycles. The zero-order valence-corrected chi connectivity index (χ0v) is 22.0. The van der Waals surface area contributed by atoms with Crippen LogP contribution in [-0.2, 0) is 13.1 Å². The molecule has 2 fully saturated rings. The van der Waals surface area contributed by atoms with Crippen molar-refractivity contribution in [3.05, 3.63) is 58.8 Å². The van der Waals surface area contributed by atoms with E-state index in [2.05, 4.69) is 57.3 Å². The number of carbonyl (C=O) groups is 1. The van der Waals surface area contributed by atoms with Crippen molar-refractivity contribution in [1.82, 2.24) is 30.1 Å². The lowest BCUT2D eigenvalue weighted by Gasteiger charge is -2.44. The third kappa shape index (κ3) is 3.75. The molecule has 0 unspecified atom stereocenters. The van der Waals surface area contributed by atoms with Crippen LogP contribution in [0.3, 0.4) is 0 Å². The quantitative estimate of drug-likeness (QED) is 0.561. The van der Waals surface area contributed by atoms with Gasteiger partial charge in [0, 0.05) is 49.4 Å². The highest BCUT2D eigenvalue weighted by Gasteiger charge is 2.54. The van der Waals surface area contributed by atoms with E-state index in [1.165, 1.54) is 5.56 Å². The Kier molecular flexibility index (Phi) is 5.82. The summed E-state index contributed by atoms with van der Waals surface area (Å²) in [6, 6.07) is 10.3. The zero-order chi connectivity index (χ0) is 25.7. The second-order valence-corrected chi connectivity index (χ2v) is 10.3. The summed E-state index contributed by atoms with van der Waals surface area (Å²) in [5.74, 6) is 1.68. The summed E-state index contributed by atoms with van der Waals surface area (Å²) in [4.78, 5) is 20.4. The lowest BCUT2D eigenvalue weighted by Crippen LogP contribution is -2.53. The van der Waals surface area contributed by atoms with Crippen molar-refractivity contribution in [2.24, 2.45) is 0 Å². The minimum atomic E-state index is -0.286. The maximum Gasteiger partial charge on any atom is 0.325 e. The van der Waals surface area contributed by atoms with Gasteiger partial charge in [-0.25, -0.2) is 4.79 Å². The van der Waals surface area contributed by atoms with Crippen LogP contribution < -0.4 is 9.47 Å². The number of H-pyrrole nitrogens is 1. The number of aromatic amines is 1. The molecule has 4 heterocycles. The van der Waals surface area contributed by atoms with Crippen molar-refractivity contribution in [1.29, 1.82) is 0 Å². The number of likely N-dealkylation sites (N-methyl/N-ethyl adjacent to an activating group) is 1. The maximum absolute atomic E-state index is 13.8. The second-order valence-electron chi connectivity index (χ2n) is 10.3. The smallest absolute Gasteiger partial charge is 0.325 e. The van der Waals surface area contributed by atoms with Crippen LogP contribution in [0.1, 0.15) is 49.3 Å². The summed E-state index contributed by atoms with van der Waals surface area (Å²) >= 11 is 0. The van der Waals surface area contributed by atoms with E-state index in [-0.39, 0.29) is 17.5 Å². The molecule has 0 radical (unpaired) electrons. The van der Waals surface area contributed by atoms with Crippen molar-refractivity contribution >= 4 is 17.1 Å². The van der Waals surface area contributed by atoms with Crippen molar-refractivity contribution in [2.75, 3.05) is 33.9 Å². The Morgan fingerprint density at radius 1 is 1.08 bits per heavy atom. The Bertz CT molecular complexity index is 1370. The number of aromatic nitrogens is 3. The average molecular weight is 503 g/mol. The number of amides is 2. The van der Waals surface area contributed by atoms with Crippen molar-refractivity contribution in [2.45, 2.75) is 51.2 Å². The summed E-state index contributed by atoms with van der Waals surface area (Å²) < 4.78 is 11.3. The van der Waals surface area contributed by atoms with Crippen molar-refractivity contribution < 1.29 is 14.3 Å². The fourth-order valence-electron chi connectivity index (χ4n) is 6.59. The number of likely N-dealkylation sites (tertiary alicyclic amines) is 1. The molecular formula is C28H34N6O3. The van der Waals surface area contributed by atoms with Crippen molar-refractivity contribution in [3.8, 4) is 11.5 Å². The summed E-state index contributed by atoms with van der Waals surface area (Å²) in [5.41, 5.74) is 6.08. The molecule has 1 aromatic heterocycles. The van der Waals surface area contributed by atoms with Gasteiger partial charge >= 0.3 is 6.03 Å². The molecule has 3 aliphatic rings. The van der Waals surface area contributed by atoms with E-state index in [9.17, 15) is 4.79 Å². The minimum absolute atomic E-state index is 0.0977. The monoisotopic (exact) mass is 502 g/mol. The summed E-state index contributed by atoms with van der Waals surface area (Å²) in [6.45, 7) is 8.21. The highest BCUT2D eigenvalue weighted by molar-refractivity contribution is 5.83. The van der Waals surface area contributed by atoms with Gasteiger partial charge in [-0.05, 0) is 49.1 Å². The van der Waals surface area contributed by atoms with Gasteiger partial charge in [0.1, 0.15) is 22.5 Å². The lowest BCUT2D eigenvalue weighted by atomic mass is 9.82. The summed E-state index contributed by atoms with van der Waals surface area (Å²) in [6.07, 6.45) is 4.12. The first-order valence-electron chi connectivity index (χ1n) is 13.1. The molecule has 9 nitrogen and oxygen atoms in total. The molecule has 2 amide bonds. The van der Waals surface area contributed by atoms with Gasteiger partial charge in [0.15, 0.2) is 0 Å². The van der Waals surface area contributed by atoms with Crippen LogP contribution in [0.2, 0.25) is 0 Å². The Morgan fingerprint density at radius 2 is 1.86 bits per heavy atom. The van der Waals surface area contributed by atoms with Gasteiger partial charge in [0.25, 0.3) is 0 Å². The van der Waals surface area contributed by atoms with E-state index >= 15 is 0 Å². The van der Waals surface area contributed by atoms with E-state index in [4.69, 9.17) is 9.47 Å². The highest BCUT2D eigenvalue weighted by Crippen LogP contribution is 2.49. The number of urea groups is 1. The van der Waals surface area contributed by atoms with Gasteiger partial charge < -0.3 is 14.4 Å². The largest absolute Gasteiger partial charge is 0.497 e. The van der Waals surface area contributed by atoms with Crippen LogP contribution in [-0.4, -0.2) is 75.5 Å². The number of ether oxygens (including phenoxy) is 2. The fraction of sp³-hybridized carbons (Fsp3) is 0.464. The molecule has 3 aliphatic heterocycles. The fourth-order valence-corrected chi connectivity index (χ4v) is 6.59. The summed E-state index contributed by atoms with van der Waals surface area (Å²) in [7, 11) is 3.36. The van der Waals surface area contributed by atoms with E-state index in [1.54, 1.807) is 14.2 Å². The number of carbonyl (C=O) groups excluding carboxylic acids is 1. The molecule has 2 aromatic carbocycles. The molecule has 6 rings (SSSR count). The van der Waals surface area contributed by atoms with Gasteiger partial charge in [0.05, 0.1) is 26.3 Å². The minimum Gasteiger partial charge on any atom is -0.497 e. The van der Waals surface area contributed by atoms with E-state index in [0.717, 1.165) is 71.8 Å². The Hall–Kier alpha value is -3.59. The van der Waals surface area contributed by atoms with Gasteiger partial charge in [-0.2, -0.15) is 15.4 Å². The van der Waals surface area contributed by atoms with Crippen LogP contribution >= 0.6 is 0 Å². The number of nitrogens with zero attached hydrogens (tertiary/aromatic N) is 5.